The highest BCUT2D eigenvalue weighted by Gasteiger charge is 2.21. The van der Waals surface area contributed by atoms with Gasteiger partial charge in [0.1, 0.15) is 5.82 Å². The molecule has 0 fully saturated rings. The van der Waals surface area contributed by atoms with Crippen LogP contribution < -0.4 is 0 Å². The van der Waals surface area contributed by atoms with Crippen molar-refractivity contribution in [2.75, 3.05) is 0 Å². The van der Waals surface area contributed by atoms with Crippen LogP contribution in [0.4, 0.5) is 0 Å². The topological polar surface area (TPSA) is 17.8 Å². The summed E-state index contributed by atoms with van der Waals surface area (Å²) >= 11 is 0. The second kappa shape index (κ2) is 16.8. The molecule has 0 spiro atoms. The van der Waals surface area contributed by atoms with E-state index in [0.717, 1.165) is 33.7 Å². The van der Waals surface area contributed by atoms with Gasteiger partial charge in [-0.2, -0.15) is 0 Å². The fourth-order valence-electron chi connectivity index (χ4n) is 10.5. The molecule has 316 valence electrons. The highest BCUT2D eigenvalue weighted by Crippen LogP contribution is 2.47. The molecule has 0 aliphatic heterocycles. The van der Waals surface area contributed by atoms with Crippen LogP contribution in [0, 0.1) is 0 Å². The molecule has 1 heterocycles. The van der Waals surface area contributed by atoms with Crippen molar-refractivity contribution in [3.05, 3.63) is 243 Å². The maximum Gasteiger partial charge on any atom is 0.145 e. The summed E-state index contributed by atoms with van der Waals surface area (Å²) in [4.78, 5) is 5.22. The summed E-state index contributed by atoms with van der Waals surface area (Å²) in [7, 11) is 0. The molecule has 13 aromatic rings. The van der Waals surface area contributed by atoms with Crippen LogP contribution >= 0.6 is 0 Å². The molecule has 0 amide bonds. The van der Waals surface area contributed by atoms with Gasteiger partial charge in [0.05, 0.1) is 11.0 Å². The number of rotatable bonds is 6. The van der Waals surface area contributed by atoms with Crippen LogP contribution in [0.1, 0.15) is 13.8 Å². The lowest BCUT2D eigenvalue weighted by molar-refractivity contribution is 1.10. The molecule has 0 bridgehead atoms. The lowest BCUT2D eigenvalue weighted by atomic mass is 9.84. The van der Waals surface area contributed by atoms with Gasteiger partial charge in [0.25, 0.3) is 0 Å². The Morgan fingerprint density at radius 2 is 0.642 bits per heavy atom. The van der Waals surface area contributed by atoms with Gasteiger partial charge in [0.2, 0.25) is 0 Å². The second-order valence-corrected chi connectivity index (χ2v) is 17.0. The number of aromatic nitrogens is 2. The third-order valence-corrected chi connectivity index (χ3v) is 13.3. The average Bonchev–Trinajstić information content (AvgIpc) is 3.80. The zero-order valence-electron chi connectivity index (χ0n) is 37.5. The van der Waals surface area contributed by atoms with Gasteiger partial charge >= 0.3 is 0 Å². The molecule has 13 rings (SSSR count). The van der Waals surface area contributed by atoms with E-state index in [1.807, 2.05) is 13.8 Å². The number of imidazole rings is 1. The Bertz CT molecular complexity index is 3880. The largest absolute Gasteiger partial charge is 0.292 e. The van der Waals surface area contributed by atoms with E-state index in [0.29, 0.717) is 0 Å². The first-order chi connectivity index (χ1) is 33.3. The second-order valence-electron chi connectivity index (χ2n) is 17.0. The zero-order valence-corrected chi connectivity index (χ0v) is 37.5. The Morgan fingerprint density at radius 3 is 1.12 bits per heavy atom. The Morgan fingerprint density at radius 1 is 0.284 bits per heavy atom. The van der Waals surface area contributed by atoms with E-state index < -0.39 is 0 Å². The Hall–Kier alpha value is -8.59. The summed E-state index contributed by atoms with van der Waals surface area (Å²) in [6.45, 7) is 4.00. The number of nitrogens with zero attached hydrogens (tertiary/aromatic N) is 2. The number of para-hydroxylation sites is 3. The Balaban J connectivity index is 0.00000231. The third-order valence-electron chi connectivity index (χ3n) is 13.3. The molecule has 2 nitrogen and oxygen atoms in total. The molecule has 12 aromatic carbocycles. The van der Waals surface area contributed by atoms with Crippen molar-refractivity contribution >= 4 is 64.9 Å². The predicted octanol–water partition coefficient (Wildman–Crippen LogP) is 18.2. The van der Waals surface area contributed by atoms with Gasteiger partial charge in [0, 0.05) is 11.3 Å². The first-order valence-corrected chi connectivity index (χ1v) is 23.4. The molecule has 0 N–H and O–H groups in total. The number of benzene rings is 12. The van der Waals surface area contributed by atoms with E-state index in [2.05, 4.69) is 247 Å². The molecular formula is C65H46N2. The summed E-state index contributed by atoms with van der Waals surface area (Å²) in [6.07, 6.45) is 0. The molecule has 0 saturated heterocycles. The van der Waals surface area contributed by atoms with Crippen LogP contribution in [-0.2, 0) is 0 Å². The third kappa shape index (κ3) is 6.68. The van der Waals surface area contributed by atoms with Crippen LogP contribution in [0.25, 0.3) is 126 Å². The molecular weight excluding hydrogens is 809 g/mol. The van der Waals surface area contributed by atoms with Crippen LogP contribution in [0.5, 0.6) is 0 Å². The molecule has 0 aliphatic rings. The predicted molar refractivity (Wildman–Crippen MR) is 287 cm³/mol. The van der Waals surface area contributed by atoms with Gasteiger partial charge in [-0.1, -0.05) is 214 Å². The zero-order chi connectivity index (χ0) is 44.8. The highest BCUT2D eigenvalue weighted by molar-refractivity contribution is 6.23. The first-order valence-electron chi connectivity index (χ1n) is 23.4. The number of hydrogen-bond acceptors (Lipinski definition) is 1. The van der Waals surface area contributed by atoms with Crippen LogP contribution in [0.15, 0.2) is 243 Å². The van der Waals surface area contributed by atoms with E-state index >= 15 is 0 Å². The van der Waals surface area contributed by atoms with Crippen molar-refractivity contribution in [3.63, 3.8) is 0 Å². The standard InChI is InChI=1S/C63H40N2.C2H6/c1-3-18-41(19-4-1)59-49-24-7-9-26-51(49)61(52-27-10-8-25-50(52)59)45-36-34-43-39-46(37-35-42(43)38-45)62-55-30-13-11-28-53(55)60(54-29-12-14-31-56(54)62)44-20-17-21-47(40-44)63-64-57-32-15-16-33-58(57)65(63)48-22-5-2-6-23-48;1-2/h1-40H;1-2H3. The van der Waals surface area contributed by atoms with Gasteiger partial charge in [-0.15, -0.1) is 0 Å². The Kier molecular flexibility index (Phi) is 9.99. The van der Waals surface area contributed by atoms with E-state index in [-0.39, 0.29) is 0 Å². The molecule has 1 aromatic heterocycles. The van der Waals surface area contributed by atoms with Crippen molar-refractivity contribution in [2.45, 2.75) is 13.8 Å². The molecule has 0 radical (unpaired) electrons. The minimum absolute atomic E-state index is 0.925. The summed E-state index contributed by atoms with van der Waals surface area (Å²) < 4.78 is 2.28. The molecule has 0 saturated carbocycles. The summed E-state index contributed by atoms with van der Waals surface area (Å²) in [5.74, 6) is 0.925. The molecule has 67 heavy (non-hydrogen) atoms. The van der Waals surface area contributed by atoms with E-state index in [4.69, 9.17) is 4.98 Å². The number of fused-ring (bicyclic) bond motifs is 6. The fourth-order valence-corrected chi connectivity index (χ4v) is 10.5. The first kappa shape index (κ1) is 40.0. The van der Waals surface area contributed by atoms with Gasteiger partial charge < -0.3 is 0 Å². The monoisotopic (exact) mass is 854 g/mol. The highest BCUT2D eigenvalue weighted by atomic mass is 15.1. The minimum atomic E-state index is 0.925. The van der Waals surface area contributed by atoms with Gasteiger partial charge in [-0.25, -0.2) is 4.98 Å². The fraction of sp³-hybridized carbons (Fsp3) is 0.0308. The van der Waals surface area contributed by atoms with Crippen LogP contribution in [0.2, 0.25) is 0 Å². The number of hydrogen-bond donors (Lipinski definition) is 0. The maximum atomic E-state index is 5.22. The van der Waals surface area contributed by atoms with Crippen LogP contribution in [-0.4, -0.2) is 9.55 Å². The lowest BCUT2D eigenvalue weighted by Crippen LogP contribution is -1.97. The summed E-state index contributed by atoms with van der Waals surface area (Å²) in [6, 6.07) is 88.4. The quantitative estimate of drug-likeness (QED) is 0.152. The normalized spacial score (nSPS) is 11.4. The van der Waals surface area contributed by atoms with Crippen molar-refractivity contribution < 1.29 is 0 Å². The molecule has 2 heteroatoms. The van der Waals surface area contributed by atoms with Gasteiger partial charge in [-0.05, 0) is 141 Å². The van der Waals surface area contributed by atoms with Crippen LogP contribution in [0.3, 0.4) is 0 Å². The van der Waals surface area contributed by atoms with Gasteiger partial charge in [-0.3, -0.25) is 4.57 Å². The van der Waals surface area contributed by atoms with Crippen molar-refractivity contribution in [3.8, 4) is 61.6 Å². The van der Waals surface area contributed by atoms with E-state index in [1.54, 1.807) is 0 Å². The average molecular weight is 855 g/mol. The molecule has 0 atom stereocenters. The van der Waals surface area contributed by atoms with Crippen molar-refractivity contribution in [1.82, 2.24) is 9.55 Å². The van der Waals surface area contributed by atoms with Crippen molar-refractivity contribution in [2.24, 2.45) is 0 Å². The maximum absolute atomic E-state index is 5.22. The Labute approximate surface area is 390 Å². The SMILES string of the molecule is CC.c1ccc(-c2c3ccccc3c(-c3ccc4cc(-c5c6ccccc6c(-c6cccc(-c7nc8ccccc8n7-c7ccccc7)c6)c6ccccc56)ccc4c3)c3ccccc23)cc1. The van der Waals surface area contributed by atoms with E-state index in [9.17, 15) is 0 Å². The smallest absolute Gasteiger partial charge is 0.145 e. The minimum Gasteiger partial charge on any atom is -0.292 e. The van der Waals surface area contributed by atoms with Gasteiger partial charge in [0.15, 0.2) is 0 Å². The summed E-state index contributed by atoms with van der Waals surface area (Å²) in [5.41, 5.74) is 14.1. The van der Waals surface area contributed by atoms with Crippen molar-refractivity contribution in [1.29, 1.82) is 0 Å². The lowest BCUT2D eigenvalue weighted by Gasteiger charge is -2.19. The van der Waals surface area contributed by atoms with E-state index in [1.165, 1.54) is 92.8 Å². The summed E-state index contributed by atoms with van der Waals surface area (Å²) in [5, 5.41) is 12.4. The molecule has 0 aliphatic carbocycles. The molecule has 0 unspecified atom stereocenters.